The van der Waals surface area contributed by atoms with E-state index in [4.69, 9.17) is 16.7 Å². The summed E-state index contributed by atoms with van der Waals surface area (Å²) in [5.74, 6) is -1.66. The van der Waals surface area contributed by atoms with E-state index in [0.717, 1.165) is 0 Å². The molecule has 1 aromatic rings. The number of rotatable bonds is 5. The van der Waals surface area contributed by atoms with E-state index in [1.807, 2.05) is 0 Å². The van der Waals surface area contributed by atoms with Gasteiger partial charge in [-0.1, -0.05) is 11.6 Å². The second kappa shape index (κ2) is 5.99. The van der Waals surface area contributed by atoms with Crippen LogP contribution in [0.4, 0.5) is 0 Å². The average Bonchev–Trinajstić information content (AvgIpc) is 2.24. The Labute approximate surface area is 115 Å². The van der Waals surface area contributed by atoms with Crippen molar-refractivity contribution in [3.05, 3.63) is 28.5 Å². The predicted octanol–water partition coefficient (Wildman–Crippen LogP) is 0.999. The largest absolute Gasteiger partial charge is 0.481 e. The molecule has 0 saturated carbocycles. The van der Waals surface area contributed by atoms with Crippen LogP contribution in [0.25, 0.3) is 0 Å². The Hall–Kier alpha value is -1.66. The van der Waals surface area contributed by atoms with Crippen molar-refractivity contribution in [3.63, 3.8) is 0 Å². The van der Waals surface area contributed by atoms with E-state index in [2.05, 4.69) is 10.3 Å². The third-order valence-corrected chi connectivity index (χ3v) is 2.71. The molecule has 7 heteroatoms. The number of pyridine rings is 1. The monoisotopic (exact) mass is 286 g/mol. The predicted molar refractivity (Wildman–Crippen MR) is 69.2 cm³/mol. The van der Waals surface area contributed by atoms with Crippen molar-refractivity contribution >= 4 is 23.5 Å². The van der Waals surface area contributed by atoms with Gasteiger partial charge in [-0.25, -0.2) is 0 Å². The van der Waals surface area contributed by atoms with Gasteiger partial charge in [-0.2, -0.15) is 0 Å². The summed E-state index contributed by atoms with van der Waals surface area (Å²) in [5.41, 5.74) is -0.663. The zero-order valence-corrected chi connectivity index (χ0v) is 11.4. The number of nitrogens with one attached hydrogen (secondary N) is 1. The number of halogens is 1. The van der Waals surface area contributed by atoms with Gasteiger partial charge in [0.15, 0.2) is 0 Å². The molecule has 3 N–H and O–H groups in total. The fraction of sp³-hybridized carbons (Fsp3) is 0.417. The van der Waals surface area contributed by atoms with E-state index >= 15 is 0 Å². The van der Waals surface area contributed by atoms with Gasteiger partial charge in [0.05, 0.1) is 22.6 Å². The number of carbonyl (C=O) groups is 2. The molecule has 104 valence electrons. The first-order valence-electron chi connectivity index (χ1n) is 5.56. The van der Waals surface area contributed by atoms with Gasteiger partial charge in [0.1, 0.15) is 0 Å². The Bertz CT molecular complexity index is 503. The van der Waals surface area contributed by atoms with Crippen LogP contribution in [0, 0.1) is 6.92 Å². The van der Waals surface area contributed by atoms with Crippen LogP contribution in [0.1, 0.15) is 29.4 Å². The third kappa shape index (κ3) is 4.84. The minimum absolute atomic E-state index is 0.179. The number of amides is 1. The molecule has 0 aliphatic carbocycles. The maximum absolute atomic E-state index is 11.8. The molecule has 0 saturated heterocycles. The maximum Gasteiger partial charge on any atom is 0.306 e. The maximum atomic E-state index is 11.8. The minimum atomic E-state index is -1.52. The standard InChI is InChI=1S/C12H15ClN2O4/c1-7-3-9(13)8(5-14-7)11(18)15-6-12(2,19)4-10(16)17/h3,5,19H,4,6H2,1-2H3,(H,15,18)(H,16,17). The van der Waals surface area contributed by atoms with Crippen LogP contribution < -0.4 is 5.32 Å². The molecule has 0 fully saturated rings. The molecule has 1 unspecified atom stereocenters. The molecule has 0 radical (unpaired) electrons. The van der Waals surface area contributed by atoms with Gasteiger partial charge in [-0.15, -0.1) is 0 Å². The Balaban J connectivity index is 2.68. The van der Waals surface area contributed by atoms with Gasteiger partial charge in [-0.3, -0.25) is 14.6 Å². The Morgan fingerprint density at radius 2 is 2.16 bits per heavy atom. The summed E-state index contributed by atoms with van der Waals surface area (Å²) in [6.45, 7) is 2.88. The average molecular weight is 287 g/mol. The second-order valence-corrected chi connectivity index (χ2v) is 4.96. The molecule has 19 heavy (non-hydrogen) atoms. The van der Waals surface area contributed by atoms with Gasteiger partial charge in [0.2, 0.25) is 0 Å². The summed E-state index contributed by atoms with van der Waals surface area (Å²) >= 11 is 5.90. The Morgan fingerprint density at radius 3 is 2.68 bits per heavy atom. The lowest BCUT2D eigenvalue weighted by atomic mass is 10.0. The number of aliphatic carboxylic acids is 1. The van der Waals surface area contributed by atoms with Crippen LogP contribution in [0.5, 0.6) is 0 Å². The molecule has 0 aliphatic heterocycles. The summed E-state index contributed by atoms with van der Waals surface area (Å²) in [5, 5.41) is 21.0. The van der Waals surface area contributed by atoms with Crippen LogP contribution >= 0.6 is 11.6 Å². The van der Waals surface area contributed by atoms with Crippen LogP contribution in [0.3, 0.4) is 0 Å². The number of carboxylic acid groups (broad SMARTS) is 1. The second-order valence-electron chi connectivity index (χ2n) is 4.56. The molecular formula is C12H15ClN2O4. The first-order valence-corrected chi connectivity index (χ1v) is 5.93. The highest BCUT2D eigenvalue weighted by Crippen LogP contribution is 2.16. The SMILES string of the molecule is Cc1cc(Cl)c(C(=O)NCC(C)(O)CC(=O)O)cn1. The fourth-order valence-electron chi connectivity index (χ4n) is 1.45. The van der Waals surface area contributed by atoms with E-state index in [1.54, 1.807) is 13.0 Å². The molecular weight excluding hydrogens is 272 g/mol. The first kappa shape index (κ1) is 15.4. The van der Waals surface area contributed by atoms with Crippen molar-refractivity contribution in [2.45, 2.75) is 25.9 Å². The van der Waals surface area contributed by atoms with Crippen LogP contribution in [0.2, 0.25) is 5.02 Å². The molecule has 1 amide bonds. The smallest absolute Gasteiger partial charge is 0.306 e. The highest BCUT2D eigenvalue weighted by molar-refractivity contribution is 6.33. The molecule has 0 bridgehead atoms. The van der Waals surface area contributed by atoms with Crippen molar-refractivity contribution in [2.24, 2.45) is 0 Å². The van der Waals surface area contributed by atoms with Gasteiger partial charge in [0.25, 0.3) is 5.91 Å². The Morgan fingerprint density at radius 1 is 1.53 bits per heavy atom. The number of aryl methyl sites for hydroxylation is 1. The van der Waals surface area contributed by atoms with Crippen molar-refractivity contribution in [3.8, 4) is 0 Å². The van der Waals surface area contributed by atoms with Crippen molar-refractivity contribution in [2.75, 3.05) is 6.54 Å². The summed E-state index contributed by atoms with van der Waals surface area (Å²) in [6.07, 6.45) is 0.867. The minimum Gasteiger partial charge on any atom is -0.481 e. The van der Waals surface area contributed by atoms with E-state index in [0.29, 0.717) is 5.69 Å². The quantitative estimate of drug-likeness (QED) is 0.750. The molecule has 1 heterocycles. The first-order chi connectivity index (χ1) is 8.71. The van der Waals surface area contributed by atoms with Crippen LogP contribution in [-0.2, 0) is 4.79 Å². The number of aliphatic hydroxyl groups is 1. The van der Waals surface area contributed by atoms with Gasteiger partial charge in [-0.05, 0) is 19.9 Å². The third-order valence-electron chi connectivity index (χ3n) is 2.40. The number of hydrogen-bond donors (Lipinski definition) is 3. The highest BCUT2D eigenvalue weighted by atomic mass is 35.5. The summed E-state index contributed by atoms with van der Waals surface area (Å²) in [7, 11) is 0. The summed E-state index contributed by atoms with van der Waals surface area (Å²) in [6, 6.07) is 1.55. The molecule has 0 spiro atoms. The topological polar surface area (TPSA) is 99.5 Å². The van der Waals surface area contributed by atoms with Gasteiger partial charge >= 0.3 is 5.97 Å². The fourth-order valence-corrected chi connectivity index (χ4v) is 1.74. The molecule has 1 atom stereocenters. The normalized spacial score (nSPS) is 13.7. The zero-order chi connectivity index (χ0) is 14.6. The lowest BCUT2D eigenvalue weighted by Crippen LogP contribution is -2.42. The molecule has 0 aromatic carbocycles. The number of aromatic nitrogens is 1. The van der Waals surface area contributed by atoms with Gasteiger partial charge < -0.3 is 15.5 Å². The lowest BCUT2D eigenvalue weighted by molar-refractivity contribution is -0.141. The van der Waals surface area contributed by atoms with E-state index in [-0.39, 0.29) is 17.1 Å². The lowest BCUT2D eigenvalue weighted by Gasteiger charge is -2.21. The van der Waals surface area contributed by atoms with Crippen LogP contribution in [-0.4, -0.2) is 39.2 Å². The molecule has 1 rings (SSSR count). The Kier molecular flexibility index (Phi) is 4.85. The van der Waals surface area contributed by atoms with Crippen molar-refractivity contribution in [1.29, 1.82) is 0 Å². The summed E-state index contributed by atoms with van der Waals surface area (Å²) in [4.78, 5) is 26.3. The molecule has 6 nitrogen and oxygen atoms in total. The number of hydrogen-bond acceptors (Lipinski definition) is 4. The molecule has 1 aromatic heterocycles. The number of nitrogens with zero attached hydrogens (tertiary/aromatic N) is 1. The van der Waals surface area contributed by atoms with Gasteiger partial charge in [0, 0.05) is 18.4 Å². The van der Waals surface area contributed by atoms with Crippen molar-refractivity contribution < 1.29 is 19.8 Å². The van der Waals surface area contributed by atoms with E-state index < -0.39 is 23.9 Å². The number of carbonyl (C=O) groups excluding carboxylic acids is 1. The summed E-state index contributed by atoms with van der Waals surface area (Å²) < 4.78 is 0. The van der Waals surface area contributed by atoms with Crippen molar-refractivity contribution in [1.82, 2.24) is 10.3 Å². The van der Waals surface area contributed by atoms with Crippen LogP contribution in [0.15, 0.2) is 12.3 Å². The van der Waals surface area contributed by atoms with E-state index in [9.17, 15) is 14.7 Å². The zero-order valence-electron chi connectivity index (χ0n) is 10.6. The highest BCUT2D eigenvalue weighted by Gasteiger charge is 2.25. The number of carboxylic acids is 1. The molecule has 0 aliphatic rings. The van der Waals surface area contributed by atoms with E-state index in [1.165, 1.54) is 13.1 Å².